The van der Waals surface area contributed by atoms with Crippen LogP contribution >= 0.6 is 0 Å². The Morgan fingerprint density at radius 2 is 1.69 bits per heavy atom. The molecule has 0 saturated carbocycles. The van der Waals surface area contributed by atoms with Crippen LogP contribution in [0.15, 0.2) is 46.7 Å². The standard InChI is InChI=1S/C12H18O2SSi/c1-16(2,3)11-7-10-15(13,14)12-8-5-4-6-9-12/h4-10H,11H2,1-3H3. The van der Waals surface area contributed by atoms with Crippen LogP contribution in [0.25, 0.3) is 0 Å². The second kappa shape index (κ2) is 4.97. The van der Waals surface area contributed by atoms with Gasteiger partial charge < -0.3 is 0 Å². The summed E-state index contributed by atoms with van der Waals surface area (Å²) in [4.78, 5) is 0.363. The lowest BCUT2D eigenvalue weighted by Crippen LogP contribution is -2.17. The first-order valence-corrected chi connectivity index (χ1v) is 10.5. The van der Waals surface area contributed by atoms with Crippen molar-refractivity contribution in [2.24, 2.45) is 0 Å². The Morgan fingerprint density at radius 1 is 1.12 bits per heavy atom. The topological polar surface area (TPSA) is 34.1 Å². The van der Waals surface area contributed by atoms with Crippen LogP contribution in [0.2, 0.25) is 25.7 Å². The summed E-state index contributed by atoms with van der Waals surface area (Å²) in [6.07, 6.45) is 1.79. The van der Waals surface area contributed by atoms with Gasteiger partial charge in [0.25, 0.3) is 0 Å². The smallest absolute Gasteiger partial charge is 0.199 e. The molecule has 0 aliphatic heterocycles. The van der Waals surface area contributed by atoms with E-state index in [-0.39, 0.29) is 0 Å². The number of sulfone groups is 1. The molecule has 0 heterocycles. The molecule has 1 aromatic rings. The Labute approximate surface area is 98.9 Å². The first kappa shape index (κ1) is 13.2. The van der Waals surface area contributed by atoms with E-state index in [0.29, 0.717) is 4.90 Å². The molecule has 1 rings (SSSR count). The predicted octanol–water partition coefficient (Wildman–Crippen LogP) is 3.31. The highest BCUT2D eigenvalue weighted by Gasteiger charge is 2.12. The van der Waals surface area contributed by atoms with Crippen molar-refractivity contribution in [2.45, 2.75) is 30.6 Å². The van der Waals surface area contributed by atoms with Crippen molar-refractivity contribution in [1.29, 1.82) is 0 Å². The summed E-state index contributed by atoms with van der Waals surface area (Å²) in [6, 6.07) is 9.41. The van der Waals surface area contributed by atoms with Gasteiger partial charge in [-0.15, -0.1) is 0 Å². The third kappa shape index (κ3) is 4.33. The van der Waals surface area contributed by atoms with E-state index in [1.807, 2.05) is 6.07 Å². The molecule has 2 nitrogen and oxygen atoms in total. The maximum Gasteiger partial charge on any atom is 0.199 e. The van der Waals surface area contributed by atoms with Crippen LogP contribution in [0.1, 0.15) is 0 Å². The minimum atomic E-state index is -3.24. The number of rotatable bonds is 4. The Kier molecular flexibility index (Phi) is 4.10. The molecule has 0 atom stereocenters. The van der Waals surface area contributed by atoms with Crippen molar-refractivity contribution in [3.63, 3.8) is 0 Å². The monoisotopic (exact) mass is 254 g/mol. The maximum absolute atomic E-state index is 11.8. The first-order chi connectivity index (χ1) is 7.31. The van der Waals surface area contributed by atoms with E-state index in [1.54, 1.807) is 30.3 Å². The van der Waals surface area contributed by atoms with Crippen LogP contribution in [0, 0.1) is 0 Å². The highest BCUT2D eigenvalue weighted by atomic mass is 32.2. The number of benzene rings is 1. The van der Waals surface area contributed by atoms with Gasteiger partial charge in [-0.25, -0.2) is 8.42 Å². The Hall–Kier alpha value is -0.873. The summed E-state index contributed by atoms with van der Waals surface area (Å²) < 4.78 is 23.7. The average Bonchev–Trinajstić information content (AvgIpc) is 2.17. The first-order valence-electron chi connectivity index (χ1n) is 5.28. The van der Waals surface area contributed by atoms with E-state index >= 15 is 0 Å². The van der Waals surface area contributed by atoms with E-state index in [2.05, 4.69) is 19.6 Å². The van der Waals surface area contributed by atoms with Gasteiger partial charge in [-0.2, -0.15) is 0 Å². The summed E-state index contributed by atoms with van der Waals surface area (Å²) in [5.41, 5.74) is 0. The van der Waals surface area contributed by atoms with Crippen LogP contribution in [0.5, 0.6) is 0 Å². The van der Waals surface area contributed by atoms with Gasteiger partial charge in [-0.3, -0.25) is 0 Å². The van der Waals surface area contributed by atoms with E-state index in [1.165, 1.54) is 5.41 Å². The molecule has 0 spiro atoms. The van der Waals surface area contributed by atoms with E-state index < -0.39 is 17.9 Å². The van der Waals surface area contributed by atoms with Crippen LogP contribution < -0.4 is 0 Å². The van der Waals surface area contributed by atoms with Gasteiger partial charge in [0.1, 0.15) is 0 Å². The molecule has 16 heavy (non-hydrogen) atoms. The largest absolute Gasteiger partial charge is 0.219 e. The second-order valence-electron chi connectivity index (χ2n) is 4.99. The van der Waals surface area contributed by atoms with E-state index in [9.17, 15) is 8.42 Å². The fourth-order valence-corrected chi connectivity index (χ4v) is 3.26. The van der Waals surface area contributed by atoms with Gasteiger partial charge in [-0.05, 0) is 18.2 Å². The summed E-state index contributed by atoms with van der Waals surface area (Å²) in [6.45, 7) is 6.64. The highest BCUT2D eigenvalue weighted by Crippen LogP contribution is 2.14. The lowest BCUT2D eigenvalue weighted by Gasteiger charge is -2.11. The van der Waals surface area contributed by atoms with Crippen LogP contribution in [0.3, 0.4) is 0 Å². The molecule has 0 unspecified atom stereocenters. The molecular weight excluding hydrogens is 236 g/mol. The third-order valence-electron chi connectivity index (χ3n) is 2.08. The molecule has 0 N–H and O–H groups in total. The quantitative estimate of drug-likeness (QED) is 0.773. The normalized spacial score (nSPS) is 13.2. The van der Waals surface area contributed by atoms with Gasteiger partial charge in [0.05, 0.1) is 4.90 Å². The van der Waals surface area contributed by atoms with Crippen LogP contribution in [0.4, 0.5) is 0 Å². The molecule has 0 aromatic heterocycles. The van der Waals surface area contributed by atoms with Gasteiger partial charge in [0.2, 0.25) is 0 Å². The molecule has 0 bridgehead atoms. The fourth-order valence-electron chi connectivity index (χ4n) is 1.22. The fraction of sp³-hybridized carbons (Fsp3) is 0.333. The van der Waals surface area contributed by atoms with Crippen molar-refractivity contribution < 1.29 is 8.42 Å². The van der Waals surface area contributed by atoms with Crippen LogP contribution in [-0.4, -0.2) is 16.5 Å². The second-order valence-corrected chi connectivity index (χ2v) is 12.4. The maximum atomic E-state index is 11.8. The van der Waals surface area contributed by atoms with E-state index in [4.69, 9.17) is 0 Å². The molecule has 0 aliphatic carbocycles. The zero-order valence-corrected chi connectivity index (χ0v) is 11.8. The molecule has 0 aliphatic rings. The lowest BCUT2D eigenvalue weighted by atomic mass is 10.4. The van der Waals surface area contributed by atoms with Crippen molar-refractivity contribution >= 4 is 17.9 Å². The third-order valence-corrected chi connectivity index (χ3v) is 5.02. The van der Waals surface area contributed by atoms with Gasteiger partial charge in [0, 0.05) is 13.5 Å². The Balaban J connectivity index is 2.82. The molecule has 0 radical (unpaired) electrons. The Bertz CT molecular complexity index is 456. The van der Waals surface area contributed by atoms with Crippen LogP contribution in [-0.2, 0) is 9.84 Å². The van der Waals surface area contributed by atoms with Crippen molar-refractivity contribution in [3.05, 3.63) is 41.8 Å². The predicted molar refractivity (Wildman–Crippen MR) is 70.9 cm³/mol. The minimum Gasteiger partial charge on any atom is -0.219 e. The van der Waals surface area contributed by atoms with Crippen molar-refractivity contribution in [3.8, 4) is 0 Å². The van der Waals surface area contributed by atoms with Crippen molar-refractivity contribution in [1.82, 2.24) is 0 Å². The molecule has 0 fully saturated rings. The van der Waals surface area contributed by atoms with Crippen molar-refractivity contribution in [2.75, 3.05) is 0 Å². The SMILES string of the molecule is C[Si](C)(C)CC=CS(=O)(=O)c1ccccc1. The molecular formula is C12H18O2SSi. The van der Waals surface area contributed by atoms with Gasteiger partial charge in [0.15, 0.2) is 9.84 Å². The number of hydrogen-bond donors (Lipinski definition) is 0. The minimum absolute atomic E-state index is 0.363. The summed E-state index contributed by atoms with van der Waals surface area (Å²) in [5, 5.41) is 1.33. The van der Waals surface area contributed by atoms with Gasteiger partial charge >= 0.3 is 0 Å². The molecule has 0 saturated heterocycles. The lowest BCUT2D eigenvalue weighted by molar-refractivity contribution is 0.604. The summed E-state index contributed by atoms with van der Waals surface area (Å²) >= 11 is 0. The molecule has 0 amide bonds. The number of allylic oxidation sites excluding steroid dienone is 1. The molecule has 1 aromatic carbocycles. The Morgan fingerprint density at radius 3 is 2.19 bits per heavy atom. The zero-order chi connectivity index (χ0) is 12.2. The summed E-state index contributed by atoms with van der Waals surface area (Å²) in [7, 11) is -4.45. The summed E-state index contributed by atoms with van der Waals surface area (Å²) in [5.74, 6) is 0. The molecule has 4 heteroatoms. The number of hydrogen-bond acceptors (Lipinski definition) is 2. The van der Waals surface area contributed by atoms with E-state index in [0.717, 1.165) is 6.04 Å². The zero-order valence-electron chi connectivity index (χ0n) is 9.97. The van der Waals surface area contributed by atoms with Gasteiger partial charge in [-0.1, -0.05) is 43.9 Å². The average molecular weight is 254 g/mol. The highest BCUT2D eigenvalue weighted by molar-refractivity contribution is 7.94. The molecule has 88 valence electrons.